The molecular formula is C38H60N2O. The van der Waals surface area contributed by atoms with Gasteiger partial charge in [0.05, 0.1) is 5.69 Å². The lowest BCUT2D eigenvalue weighted by Gasteiger charge is -2.06. The van der Waals surface area contributed by atoms with Gasteiger partial charge in [-0.15, -0.1) is 10.2 Å². The fourth-order valence-electron chi connectivity index (χ4n) is 2.95. The second-order valence-corrected chi connectivity index (χ2v) is 9.81. The summed E-state index contributed by atoms with van der Waals surface area (Å²) in [6.45, 7) is 19.5. The molecule has 0 aliphatic carbocycles. The van der Waals surface area contributed by atoms with Crippen LogP contribution in [-0.4, -0.2) is 5.11 Å². The highest BCUT2D eigenvalue weighted by atomic mass is 16.3. The van der Waals surface area contributed by atoms with Crippen LogP contribution in [0.15, 0.2) is 83.0 Å². The van der Waals surface area contributed by atoms with E-state index in [1.165, 1.54) is 51.4 Å². The first-order valence-corrected chi connectivity index (χ1v) is 15.5. The Kier molecular flexibility index (Phi) is 25.1. The van der Waals surface area contributed by atoms with Gasteiger partial charge in [0, 0.05) is 10.8 Å². The maximum atomic E-state index is 10.2. The first-order chi connectivity index (χ1) is 19.4. The van der Waals surface area contributed by atoms with E-state index in [0.29, 0.717) is 5.69 Å². The lowest BCUT2D eigenvalue weighted by atomic mass is 10.1. The van der Waals surface area contributed by atoms with Crippen molar-refractivity contribution in [1.29, 1.82) is 0 Å². The third-order valence-electron chi connectivity index (χ3n) is 6.23. The van der Waals surface area contributed by atoms with Crippen LogP contribution >= 0.6 is 0 Å². The molecule has 4 aromatic carbocycles. The average molecular weight is 561 g/mol. The quantitative estimate of drug-likeness (QED) is 0.234. The van der Waals surface area contributed by atoms with E-state index in [-0.39, 0.29) is 13.2 Å². The highest BCUT2D eigenvalue weighted by molar-refractivity contribution is 5.96. The molecule has 41 heavy (non-hydrogen) atoms. The van der Waals surface area contributed by atoms with E-state index in [9.17, 15) is 5.11 Å². The van der Waals surface area contributed by atoms with E-state index in [1.54, 1.807) is 6.07 Å². The summed E-state index contributed by atoms with van der Waals surface area (Å²) < 4.78 is 0. The topological polar surface area (TPSA) is 45.0 Å². The molecule has 0 saturated carbocycles. The van der Waals surface area contributed by atoms with E-state index in [0.717, 1.165) is 32.8 Å². The Hall–Kier alpha value is -3.20. The number of rotatable bonds is 6. The van der Waals surface area contributed by atoms with Crippen molar-refractivity contribution in [2.45, 2.75) is 121 Å². The SMILES string of the molecule is C.CCCC.CCCC.CCCC.CCCC.Cc1ccc2ccccc2c1N=Nc1c(O)ccc2ccccc12. The molecule has 0 fully saturated rings. The number of fused-ring (bicyclic) bond motifs is 2. The third kappa shape index (κ3) is 15.4. The molecule has 0 aliphatic rings. The highest BCUT2D eigenvalue weighted by Crippen LogP contribution is 2.37. The van der Waals surface area contributed by atoms with Crippen LogP contribution in [0, 0.1) is 6.92 Å². The summed E-state index contributed by atoms with van der Waals surface area (Å²) >= 11 is 0. The van der Waals surface area contributed by atoms with Gasteiger partial charge in [0.1, 0.15) is 11.4 Å². The van der Waals surface area contributed by atoms with Crippen LogP contribution in [0.4, 0.5) is 11.4 Å². The molecule has 228 valence electrons. The number of phenols is 1. The average Bonchev–Trinajstić information content (AvgIpc) is 3.01. The van der Waals surface area contributed by atoms with Gasteiger partial charge in [-0.2, -0.15) is 0 Å². The Balaban J connectivity index is 0. The molecule has 4 aromatic rings. The zero-order valence-corrected chi connectivity index (χ0v) is 26.9. The van der Waals surface area contributed by atoms with E-state index >= 15 is 0 Å². The molecule has 0 saturated heterocycles. The van der Waals surface area contributed by atoms with Crippen molar-refractivity contribution in [2.24, 2.45) is 10.2 Å². The van der Waals surface area contributed by atoms with E-state index in [1.807, 2.05) is 61.5 Å². The van der Waals surface area contributed by atoms with Crippen molar-refractivity contribution in [2.75, 3.05) is 0 Å². The van der Waals surface area contributed by atoms with Gasteiger partial charge in [0.2, 0.25) is 0 Å². The van der Waals surface area contributed by atoms with Gasteiger partial charge in [-0.3, -0.25) is 0 Å². The molecule has 0 aromatic heterocycles. The summed E-state index contributed by atoms with van der Waals surface area (Å²) in [6, 6.07) is 23.6. The summed E-state index contributed by atoms with van der Waals surface area (Å²) in [7, 11) is 0. The minimum Gasteiger partial charge on any atom is -0.506 e. The molecule has 0 heterocycles. The van der Waals surface area contributed by atoms with Crippen molar-refractivity contribution in [3.8, 4) is 5.75 Å². The maximum absolute atomic E-state index is 10.2. The first-order valence-electron chi connectivity index (χ1n) is 15.5. The van der Waals surface area contributed by atoms with Gasteiger partial charge >= 0.3 is 0 Å². The Morgan fingerprint density at radius 3 is 1.22 bits per heavy atom. The monoisotopic (exact) mass is 560 g/mol. The second-order valence-electron chi connectivity index (χ2n) is 9.81. The molecule has 3 nitrogen and oxygen atoms in total. The number of aryl methyl sites for hydroxylation is 1. The minimum atomic E-state index is 0. The normalized spacial score (nSPS) is 9.68. The highest BCUT2D eigenvalue weighted by Gasteiger charge is 2.08. The van der Waals surface area contributed by atoms with Crippen LogP contribution in [0.2, 0.25) is 0 Å². The summed E-state index contributed by atoms with van der Waals surface area (Å²) in [6.07, 6.45) is 10.6. The van der Waals surface area contributed by atoms with Crippen LogP contribution in [0.5, 0.6) is 5.75 Å². The predicted molar refractivity (Wildman–Crippen MR) is 188 cm³/mol. The van der Waals surface area contributed by atoms with Gasteiger partial charge < -0.3 is 5.11 Å². The molecule has 4 rings (SSSR count). The molecular weight excluding hydrogens is 500 g/mol. The second kappa shape index (κ2) is 25.7. The molecule has 0 spiro atoms. The van der Waals surface area contributed by atoms with Gasteiger partial charge in [0.25, 0.3) is 0 Å². The number of aromatic hydroxyl groups is 1. The lowest BCUT2D eigenvalue weighted by Crippen LogP contribution is -1.79. The van der Waals surface area contributed by atoms with Gasteiger partial charge in [0.15, 0.2) is 0 Å². The van der Waals surface area contributed by atoms with E-state index in [2.05, 4.69) is 77.8 Å². The molecule has 3 heteroatoms. The molecule has 0 unspecified atom stereocenters. The van der Waals surface area contributed by atoms with Crippen LogP contribution in [-0.2, 0) is 0 Å². The summed E-state index contributed by atoms with van der Waals surface area (Å²) in [4.78, 5) is 0. The van der Waals surface area contributed by atoms with Crippen molar-refractivity contribution in [3.63, 3.8) is 0 Å². The number of azo groups is 1. The van der Waals surface area contributed by atoms with Crippen molar-refractivity contribution in [1.82, 2.24) is 0 Å². The number of nitrogens with zero attached hydrogens (tertiary/aromatic N) is 2. The van der Waals surface area contributed by atoms with Crippen LogP contribution in [0.25, 0.3) is 21.5 Å². The summed E-state index contributed by atoms with van der Waals surface area (Å²) in [5, 5.41) is 23.2. The predicted octanol–water partition coefficient (Wildman–Crippen LogP) is 14.3. The number of hydrogen-bond donors (Lipinski definition) is 1. The summed E-state index contributed by atoms with van der Waals surface area (Å²) in [5.41, 5.74) is 2.39. The smallest absolute Gasteiger partial charge is 0.143 e. The number of unbranched alkanes of at least 4 members (excludes halogenated alkanes) is 4. The van der Waals surface area contributed by atoms with E-state index < -0.39 is 0 Å². The Morgan fingerprint density at radius 1 is 0.463 bits per heavy atom. The van der Waals surface area contributed by atoms with Gasteiger partial charge in [-0.25, -0.2) is 0 Å². The fraction of sp³-hybridized carbons (Fsp3) is 0.474. The van der Waals surface area contributed by atoms with Crippen LogP contribution in [0.1, 0.15) is 120 Å². The molecule has 0 bridgehead atoms. The van der Waals surface area contributed by atoms with Crippen LogP contribution < -0.4 is 0 Å². The Labute approximate surface area is 253 Å². The zero-order chi connectivity index (χ0) is 30.2. The van der Waals surface area contributed by atoms with Crippen molar-refractivity contribution in [3.05, 3.63) is 78.4 Å². The third-order valence-corrected chi connectivity index (χ3v) is 6.23. The van der Waals surface area contributed by atoms with Crippen molar-refractivity contribution < 1.29 is 5.11 Å². The number of phenolic OH excluding ortho intramolecular Hbond substituents is 1. The largest absolute Gasteiger partial charge is 0.506 e. The molecule has 0 atom stereocenters. The molecule has 0 aliphatic heterocycles. The molecule has 1 N–H and O–H groups in total. The van der Waals surface area contributed by atoms with E-state index in [4.69, 9.17) is 0 Å². The molecule has 0 radical (unpaired) electrons. The number of benzene rings is 4. The minimum absolute atomic E-state index is 0. The first kappa shape index (κ1) is 39.9. The lowest BCUT2D eigenvalue weighted by molar-refractivity contribution is 0.477. The fourth-order valence-corrected chi connectivity index (χ4v) is 2.95. The van der Waals surface area contributed by atoms with Gasteiger partial charge in [-0.05, 0) is 29.3 Å². The molecule has 0 amide bonds. The Morgan fingerprint density at radius 2 is 0.805 bits per heavy atom. The standard InChI is InChI=1S/C21H16N2O.4C4H10.CH4/c1-14-10-11-15-6-2-4-8-17(15)20(14)22-23-21-18-9-5-3-7-16(18)12-13-19(21)24;4*1-3-4-2;/h2-13,24H,1H3;4*3-4H2,1-2H3;1H4. The van der Waals surface area contributed by atoms with Crippen molar-refractivity contribution >= 4 is 32.9 Å². The zero-order valence-electron chi connectivity index (χ0n) is 26.9. The maximum Gasteiger partial charge on any atom is 0.143 e. The van der Waals surface area contributed by atoms with Crippen LogP contribution in [0.3, 0.4) is 0 Å². The Bertz CT molecular complexity index is 1100. The summed E-state index contributed by atoms with van der Waals surface area (Å²) in [5.74, 6) is 0.135. The van der Waals surface area contributed by atoms with Gasteiger partial charge in [-0.1, -0.05) is 181 Å². The number of hydrogen-bond acceptors (Lipinski definition) is 3.